The van der Waals surface area contributed by atoms with Crippen molar-refractivity contribution in [2.45, 2.75) is 57.6 Å². The summed E-state index contributed by atoms with van der Waals surface area (Å²) in [5, 5.41) is 2.93. The molecule has 0 aromatic heterocycles. The molecule has 1 heterocycles. The molecule has 0 atom stereocenters. The molecule has 0 saturated carbocycles. The zero-order valence-electron chi connectivity index (χ0n) is 13.0. The van der Waals surface area contributed by atoms with Crippen molar-refractivity contribution in [2.24, 2.45) is 0 Å². The molecule has 2 amide bonds. The summed E-state index contributed by atoms with van der Waals surface area (Å²) in [6.45, 7) is 8.63. The second kappa shape index (κ2) is 8.55. The third-order valence-corrected chi connectivity index (χ3v) is 4.51. The molecular formula is C15H28N2O2S. The SMILES string of the molecule is CC(C)(C)SCC(=O)NCCCN1CCCCCC1=O. The van der Waals surface area contributed by atoms with E-state index in [-0.39, 0.29) is 16.6 Å². The molecule has 1 saturated heterocycles. The minimum Gasteiger partial charge on any atom is -0.355 e. The molecule has 1 fully saturated rings. The van der Waals surface area contributed by atoms with Crippen molar-refractivity contribution in [2.75, 3.05) is 25.4 Å². The fourth-order valence-corrected chi connectivity index (χ4v) is 2.77. The van der Waals surface area contributed by atoms with E-state index in [4.69, 9.17) is 0 Å². The minimum atomic E-state index is 0.0899. The van der Waals surface area contributed by atoms with E-state index in [0.717, 1.165) is 38.8 Å². The minimum absolute atomic E-state index is 0.0899. The van der Waals surface area contributed by atoms with E-state index < -0.39 is 0 Å². The highest BCUT2D eigenvalue weighted by Gasteiger charge is 2.16. The van der Waals surface area contributed by atoms with Crippen molar-refractivity contribution in [3.63, 3.8) is 0 Å². The average Bonchev–Trinajstić information content (AvgIpc) is 2.56. The summed E-state index contributed by atoms with van der Waals surface area (Å²) in [6, 6.07) is 0. The molecule has 5 heteroatoms. The number of nitrogens with zero attached hydrogens (tertiary/aromatic N) is 1. The fourth-order valence-electron chi connectivity index (χ4n) is 2.11. The lowest BCUT2D eigenvalue weighted by atomic mass is 10.2. The number of carbonyl (C=O) groups excluding carboxylic acids is 2. The van der Waals surface area contributed by atoms with Gasteiger partial charge in [0.1, 0.15) is 0 Å². The van der Waals surface area contributed by atoms with Crippen molar-refractivity contribution < 1.29 is 9.59 Å². The van der Waals surface area contributed by atoms with E-state index in [1.807, 2.05) is 4.90 Å². The van der Waals surface area contributed by atoms with Crippen molar-refractivity contribution in [3.8, 4) is 0 Å². The van der Waals surface area contributed by atoms with Gasteiger partial charge in [0.25, 0.3) is 0 Å². The van der Waals surface area contributed by atoms with Crippen LogP contribution in [-0.4, -0.2) is 46.8 Å². The Kier molecular flexibility index (Phi) is 7.41. The van der Waals surface area contributed by atoms with Crippen molar-refractivity contribution in [1.82, 2.24) is 10.2 Å². The summed E-state index contributed by atoms with van der Waals surface area (Å²) in [5.41, 5.74) is 0. The van der Waals surface area contributed by atoms with E-state index in [2.05, 4.69) is 26.1 Å². The fraction of sp³-hybridized carbons (Fsp3) is 0.867. The second-order valence-corrected chi connectivity index (χ2v) is 8.10. The molecule has 1 rings (SSSR count). The lowest BCUT2D eigenvalue weighted by Gasteiger charge is -2.20. The molecule has 116 valence electrons. The number of rotatable bonds is 6. The zero-order chi connectivity index (χ0) is 15.0. The predicted octanol–water partition coefficient (Wildman–Crippen LogP) is 2.43. The predicted molar refractivity (Wildman–Crippen MR) is 84.9 cm³/mol. The van der Waals surface area contributed by atoms with E-state index >= 15 is 0 Å². The third kappa shape index (κ3) is 7.78. The van der Waals surface area contributed by atoms with Gasteiger partial charge >= 0.3 is 0 Å². The van der Waals surface area contributed by atoms with Crippen molar-refractivity contribution >= 4 is 23.6 Å². The summed E-state index contributed by atoms with van der Waals surface area (Å²) in [6.07, 6.45) is 4.83. The van der Waals surface area contributed by atoms with Crippen LogP contribution >= 0.6 is 11.8 Å². The molecular weight excluding hydrogens is 272 g/mol. The van der Waals surface area contributed by atoms with Crippen LogP contribution < -0.4 is 5.32 Å². The molecule has 1 N–H and O–H groups in total. The van der Waals surface area contributed by atoms with Gasteiger partial charge in [-0.25, -0.2) is 0 Å². The Balaban J connectivity index is 2.11. The summed E-state index contributed by atoms with van der Waals surface area (Å²) in [5.74, 6) is 0.871. The van der Waals surface area contributed by atoms with Gasteiger partial charge in [-0.1, -0.05) is 27.2 Å². The summed E-state index contributed by atoms with van der Waals surface area (Å²) in [7, 11) is 0. The molecule has 4 nitrogen and oxygen atoms in total. The van der Waals surface area contributed by atoms with Crippen LogP contribution in [0, 0.1) is 0 Å². The van der Waals surface area contributed by atoms with Gasteiger partial charge < -0.3 is 10.2 Å². The first-order chi connectivity index (χ1) is 9.38. The maximum Gasteiger partial charge on any atom is 0.230 e. The van der Waals surface area contributed by atoms with Crippen LogP contribution in [-0.2, 0) is 9.59 Å². The molecule has 0 aromatic carbocycles. The molecule has 0 aromatic rings. The number of carbonyl (C=O) groups is 2. The highest BCUT2D eigenvalue weighted by Crippen LogP contribution is 2.22. The topological polar surface area (TPSA) is 49.4 Å². The quantitative estimate of drug-likeness (QED) is 0.767. The first kappa shape index (κ1) is 17.3. The van der Waals surface area contributed by atoms with Crippen molar-refractivity contribution in [3.05, 3.63) is 0 Å². The largest absolute Gasteiger partial charge is 0.355 e. The Hall–Kier alpha value is -0.710. The molecule has 0 bridgehead atoms. The van der Waals surface area contributed by atoms with Crippen LogP contribution in [0.5, 0.6) is 0 Å². The van der Waals surface area contributed by atoms with Crippen LogP contribution in [0.15, 0.2) is 0 Å². The van der Waals surface area contributed by atoms with Crippen molar-refractivity contribution in [1.29, 1.82) is 0 Å². The average molecular weight is 300 g/mol. The number of likely N-dealkylation sites (tertiary alicyclic amines) is 1. The van der Waals surface area contributed by atoms with Gasteiger partial charge in [-0.05, 0) is 19.3 Å². The van der Waals surface area contributed by atoms with E-state index in [1.165, 1.54) is 0 Å². The number of hydrogen-bond donors (Lipinski definition) is 1. The number of thioether (sulfide) groups is 1. The van der Waals surface area contributed by atoms with Gasteiger partial charge in [-0.2, -0.15) is 0 Å². The van der Waals surface area contributed by atoms with Crippen LogP contribution in [0.1, 0.15) is 52.9 Å². The Labute approximate surface area is 127 Å². The highest BCUT2D eigenvalue weighted by molar-refractivity contribution is 8.01. The Morgan fingerprint density at radius 3 is 2.75 bits per heavy atom. The standard InChI is InChI=1S/C15H28N2O2S/c1-15(2,3)20-12-13(18)16-9-7-11-17-10-6-4-5-8-14(17)19/h4-12H2,1-3H3,(H,16,18). The van der Waals surface area contributed by atoms with Crippen LogP contribution in [0.4, 0.5) is 0 Å². The van der Waals surface area contributed by atoms with Gasteiger partial charge in [-0.3, -0.25) is 9.59 Å². The smallest absolute Gasteiger partial charge is 0.230 e. The van der Waals surface area contributed by atoms with E-state index in [9.17, 15) is 9.59 Å². The number of hydrogen-bond acceptors (Lipinski definition) is 3. The van der Waals surface area contributed by atoms with E-state index in [1.54, 1.807) is 11.8 Å². The normalized spacial score (nSPS) is 16.9. The Bertz CT molecular complexity index is 326. The summed E-state index contributed by atoms with van der Waals surface area (Å²) in [4.78, 5) is 25.4. The molecule has 1 aliphatic rings. The monoisotopic (exact) mass is 300 g/mol. The molecule has 0 unspecified atom stereocenters. The number of amides is 2. The van der Waals surface area contributed by atoms with Gasteiger partial charge in [0, 0.05) is 30.8 Å². The lowest BCUT2D eigenvalue weighted by molar-refractivity contribution is -0.130. The third-order valence-electron chi connectivity index (χ3n) is 3.23. The van der Waals surface area contributed by atoms with Gasteiger partial charge in [0.15, 0.2) is 0 Å². The van der Waals surface area contributed by atoms with Crippen LogP contribution in [0.3, 0.4) is 0 Å². The first-order valence-corrected chi connectivity index (χ1v) is 8.55. The van der Waals surface area contributed by atoms with Gasteiger partial charge in [0.05, 0.1) is 5.75 Å². The van der Waals surface area contributed by atoms with Gasteiger partial charge in [0.2, 0.25) is 11.8 Å². The Morgan fingerprint density at radius 2 is 2.05 bits per heavy atom. The Morgan fingerprint density at radius 1 is 1.30 bits per heavy atom. The molecule has 0 spiro atoms. The summed E-state index contributed by atoms with van der Waals surface area (Å²) < 4.78 is 0.121. The van der Waals surface area contributed by atoms with Crippen LogP contribution in [0.2, 0.25) is 0 Å². The summed E-state index contributed by atoms with van der Waals surface area (Å²) >= 11 is 1.65. The first-order valence-electron chi connectivity index (χ1n) is 7.57. The zero-order valence-corrected chi connectivity index (χ0v) is 13.9. The van der Waals surface area contributed by atoms with Crippen LogP contribution in [0.25, 0.3) is 0 Å². The maximum absolute atomic E-state index is 11.8. The maximum atomic E-state index is 11.8. The molecule has 0 radical (unpaired) electrons. The second-order valence-electron chi connectivity index (χ2n) is 6.30. The molecule has 20 heavy (non-hydrogen) atoms. The lowest BCUT2D eigenvalue weighted by Crippen LogP contribution is -2.34. The molecule has 1 aliphatic heterocycles. The van der Waals surface area contributed by atoms with E-state index in [0.29, 0.717) is 18.7 Å². The van der Waals surface area contributed by atoms with Gasteiger partial charge in [-0.15, -0.1) is 11.8 Å². The molecule has 0 aliphatic carbocycles. The number of nitrogens with one attached hydrogen (secondary N) is 1. The highest BCUT2D eigenvalue weighted by atomic mass is 32.2.